The molecule has 0 bridgehead atoms. The minimum atomic E-state index is -2.67. The first-order valence-electron chi connectivity index (χ1n) is 22.5. The van der Waals surface area contributed by atoms with E-state index >= 15 is 0 Å². The van der Waals surface area contributed by atoms with Gasteiger partial charge in [-0.3, -0.25) is 0 Å². The van der Waals surface area contributed by atoms with Crippen LogP contribution in [-0.2, 0) is 0 Å². The fraction of sp³-hybridized carbons (Fsp3) is 0. The van der Waals surface area contributed by atoms with E-state index < -0.39 is 8.07 Å². The maximum Gasteiger partial charge on any atom is 0.179 e. The number of fused-ring (bicyclic) bond motifs is 9. The van der Waals surface area contributed by atoms with Gasteiger partial charge in [0.15, 0.2) is 8.07 Å². The van der Waals surface area contributed by atoms with Gasteiger partial charge in [-0.15, -0.1) is 0 Å². The predicted molar refractivity (Wildman–Crippen MR) is 278 cm³/mol. The van der Waals surface area contributed by atoms with Crippen molar-refractivity contribution in [3.05, 3.63) is 248 Å². The van der Waals surface area contributed by atoms with Crippen LogP contribution in [-0.4, -0.2) is 21.8 Å². The lowest BCUT2D eigenvalue weighted by atomic mass is 10.1. The molecule has 0 spiro atoms. The van der Waals surface area contributed by atoms with Crippen molar-refractivity contribution in [3.8, 4) is 23.1 Å². The molecule has 10 aromatic carbocycles. The third-order valence-electron chi connectivity index (χ3n) is 13.8. The van der Waals surface area contributed by atoms with Gasteiger partial charge in [0.05, 0.1) is 44.7 Å². The highest BCUT2D eigenvalue weighted by Crippen LogP contribution is 2.39. The summed E-state index contributed by atoms with van der Waals surface area (Å²) < 4.78 is 7.14. The number of hydrogen-bond donors (Lipinski definition) is 0. The molecule has 308 valence electrons. The van der Waals surface area contributed by atoms with Crippen molar-refractivity contribution in [3.63, 3.8) is 0 Å². The molecule has 0 saturated carbocycles. The summed E-state index contributed by atoms with van der Waals surface area (Å²) in [6, 6.07) is 90.9. The summed E-state index contributed by atoms with van der Waals surface area (Å²) in [6.07, 6.45) is 0. The molecule has 0 radical (unpaired) electrons. The Hall–Kier alpha value is -8.69. The lowest BCUT2D eigenvalue weighted by Gasteiger charge is -2.34. The second-order valence-corrected chi connectivity index (χ2v) is 21.0. The van der Waals surface area contributed by atoms with Gasteiger partial charge in [0.2, 0.25) is 0 Å². The van der Waals surface area contributed by atoms with E-state index in [0.717, 1.165) is 50.0 Å². The van der Waals surface area contributed by atoms with E-state index in [2.05, 4.69) is 250 Å². The monoisotopic (exact) mass is 856 g/mol. The van der Waals surface area contributed by atoms with Crippen molar-refractivity contribution in [2.45, 2.75) is 0 Å². The predicted octanol–water partition coefficient (Wildman–Crippen LogP) is 12.2. The maximum atomic E-state index is 9.87. The SMILES string of the molecule is N#Cc1ccc2c3ccccc3n(-c3ccc4c(c3)c3ccccc3n4-c3ccc4c(c3)c3ccccc3n4-c3ccc([Si](c4ccccc4)(c4ccccc4)c4ccccc4)cc3)c2c1. The molecular formula is C61H40N4Si. The van der Waals surface area contributed by atoms with Gasteiger partial charge in [0, 0.05) is 49.4 Å². The van der Waals surface area contributed by atoms with Crippen molar-refractivity contribution >= 4 is 94.2 Å². The number of rotatable bonds is 7. The largest absolute Gasteiger partial charge is 0.309 e. The van der Waals surface area contributed by atoms with Gasteiger partial charge in [-0.25, -0.2) is 0 Å². The van der Waals surface area contributed by atoms with Gasteiger partial charge in [0.25, 0.3) is 0 Å². The summed E-state index contributed by atoms with van der Waals surface area (Å²) >= 11 is 0. The van der Waals surface area contributed by atoms with Crippen LogP contribution in [0.5, 0.6) is 0 Å². The second-order valence-electron chi connectivity index (χ2n) is 17.2. The molecule has 0 saturated heterocycles. The van der Waals surface area contributed by atoms with E-state index in [1.54, 1.807) is 0 Å². The van der Waals surface area contributed by atoms with E-state index in [0.29, 0.717) is 5.56 Å². The molecule has 0 aliphatic carbocycles. The van der Waals surface area contributed by atoms with Crippen LogP contribution in [0.2, 0.25) is 0 Å². The normalized spacial score (nSPS) is 11.9. The molecule has 3 aromatic heterocycles. The molecule has 13 aromatic rings. The third-order valence-corrected chi connectivity index (χ3v) is 18.6. The van der Waals surface area contributed by atoms with E-state index in [1.807, 2.05) is 12.1 Å². The second kappa shape index (κ2) is 15.0. The molecular weight excluding hydrogens is 817 g/mol. The number of hydrogen-bond acceptors (Lipinski definition) is 1. The topological polar surface area (TPSA) is 38.6 Å². The zero-order chi connectivity index (χ0) is 43.8. The highest BCUT2D eigenvalue weighted by Gasteiger charge is 2.41. The number of aromatic nitrogens is 3. The standard InChI is InChI=1S/C61H40N4Si/c62-41-42-28-35-53-50-22-10-13-25-56(50)65(61(53)38-42)45-32-37-60-55(40-45)52-24-12-15-27-58(52)64(60)44-31-36-59-54(39-44)51-23-11-14-26-57(51)63(59)43-29-33-49(34-30-43)66(46-16-4-1-5-17-46,47-18-6-2-7-19-47)48-20-8-3-9-21-48/h1-40H. The van der Waals surface area contributed by atoms with Gasteiger partial charge in [-0.05, 0) is 99.6 Å². The van der Waals surface area contributed by atoms with Crippen LogP contribution in [0.1, 0.15) is 5.56 Å². The molecule has 13 rings (SSSR count). The lowest BCUT2D eigenvalue weighted by molar-refractivity contribution is 1.16. The fourth-order valence-electron chi connectivity index (χ4n) is 11.0. The molecule has 0 aliphatic heterocycles. The number of benzene rings is 10. The molecule has 0 N–H and O–H groups in total. The van der Waals surface area contributed by atoms with Gasteiger partial charge < -0.3 is 13.7 Å². The molecule has 0 aliphatic rings. The Kier molecular flexibility index (Phi) is 8.57. The average molecular weight is 857 g/mol. The van der Waals surface area contributed by atoms with Gasteiger partial charge in [-0.2, -0.15) is 5.26 Å². The maximum absolute atomic E-state index is 9.87. The molecule has 66 heavy (non-hydrogen) atoms. The number of nitrogens with zero attached hydrogens (tertiary/aromatic N) is 4. The van der Waals surface area contributed by atoms with Gasteiger partial charge in [0.1, 0.15) is 0 Å². The quantitative estimate of drug-likeness (QED) is 0.116. The smallest absolute Gasteiger partial charge is 0.179 e. The van der Waals surface area contributed by atoms with Crippen molar-refractivity contribution in [2.24, 2.45) is 0 Å². The Labute approximate surface area is 382 Å². The van der Waals surface area contributed by atoms with E-state index in [1.165, 1.54) is 53.2 Å². The number of para-hydroxylation sites is 3. The fourth-order valence-corrected chi connectivity index (χ4v) is 15.7. The minimum Gasteiger partial charge on any atom is -0.309 e. The third kappa shape index (κ3) is 5.56. The van der Waals surface area contributed by atoms with Crippen molar-refractivity contribution in [1.82, 2.24) is 13.7 Å². The molecule has 4 nitrogen and oxygen atoms in total. The summed E-state index contributed by atoms with van der Waals surface area (Å²) in [5, 5.41) is 22.4. The Morgan fingerprint density at radius 3 is 1.09 bits per heavy atom. The molecule has 0 fully saturated rings. The Morgan fingerprint density at radius 2 is 0.621 bits per heavy atom. The summed E-state index contributed by atoms with van der Waals surface area (Å²) in [5.41, 5.74) is 10.7. The molecule has 0 unspecified atom stereocenters. The van der Waals surface area contributed by atoms with Crippen molar-refractivity contribution in [2.75, 3.05) is 0 Å². The molecule has 3 heterocycles. The Bertz CT molecular complexity index is 3950. The Balaban J connectivity index is 0.973. The van der Waals surface area contributed by atoms with Crippen molar-refractivity contribution < 1.29 is 0 Å². The summed E-state index contributed by atoms with van der Waals surface area (Å²) in [5.74, 6) is 0. The van der Waals surface area contributed by atoms with E-state index in [9.17, 15) is 5.26 Å². The van der Waals surface area contributed by atoms with E-state index in [4.69, 9.17) is 0 Å². The van der Waals surface area contributed by atoms with Crippen LogP contribution in [0.15, 0.2) is 243 Å². The number of nitriles is 1. The van der Waals surface area contributed by atoms with Crippen LogP contribution in [0.3, 0.4) is 0 Å². The van der Waals surface area contributed by atoms with Crippen LogP contribution in [0, 0.1) is 11.3 Å². The van der Waals surface area contributed by atoms with Crippen LogP contribution in [0.25, 0.3) is 82.5 Å². The van der Waals surface area contributed by atoms with E-state index in [-0.39, 0.29) is 0 Å². The van der Waals surface area contributed by atoms with Crippen molar-refractivity contribution in [1.29, 1.82) is 5.26 Å². The Morgan fingerprint density at radius 1 is 0.273 bits per heavy atom. The summed E-state index contributed by atoms with van der Waals surface area (Å²) in [4.78, 5) is 0. The first-order valence-corrected chi connectivity index (χ1v) is 24.5. The van der Waals surface area contributed by atoms with Crippen LogP contribution < -0.4 is 20.7 Å². The molecule has 5 heteroatoms. The molecule has 0 atom stereocenters. The average Bonchev–Trinajstić information content (AvgIpc) is 4.02. The molecule has 0 amide bonds. The van der Waals surface area contributed by atoms with Gasteiger partial charge >= 0.3 is 0 Å². The zero-order valence-corrected chi connectivity index (χ0v) is 36.9. The van der Waals surface area contributed by atoms with Crippen LogP contribution in [0.4, 0.5) is 0 Å². The highest BCUT2D eigenvalue weighted by molar-refractivity contribution is 7.19. The van der Waals surface area contributed by atoms with Gasteiger partial charge in [-0.1, -0.05) is 164 Å². The van der Waals surface area contributed by atoms with Crippen LogP contribution >= 0.6 is 0 Å². The summed E-state index contributed by atoms with van der Waals surface area (Å²) in [7, 11) is -2.67. The first kappa shape index (κ1) is 37.8. The lowest BCUT2D eigenvalue weighted by Crippen LogP contribution is -2.74. The first-order chi connectivity index (χ1) is 32.7. The minimum absolute atomic E-state index is 0.649. The summed E-state index contributed by atoms with van der Waals surface area (Å²) in [6.45, 7) is 0. The highest BCUT2D eigenvalue weighted by atomic mass is 28.3. The zero-order valence-electron chi connectivity index (χ0n) is 35.9.